The van der Waals surface area contributed by atoms with E-state index in [9.17, 15) is 4.39 Å². The van der Waals surface area contributed by atoms with E-state index in [1.54, 1.807) is 0 Å². The number of H-pyrrole nitrogens is 1. The van der Waals surface area contributed by atoms with Crippen LogP contribution in [0.4, 0.5) is 4.39 Å². The van der Waals surface area contributed by atoms with E-state index in [4.69, 9.17) is 12.2 Å². The summed E-state index contributed by atoms with van der Waals surface area (Å²) in [7, 11) is 0. The van der Waals surface area contributed by atoms with Gasteiger partial charge in [0.25, 0.3) is 0 Å². The standard InChI is InChI=1S/C14H18FN3S/c1-2-6-16-14(19)17-7-5-10-9-18-13-8-11(15)3-4-12(10)13/h3-4,8-9,18H,2,5-7H2,1H3,(H2,16,17,19). The average molecular weight is 279 g/mol. The number of rotatable bonds is 5. The number of aromatic amines is 1. The highest BCUT2D eigenvalue weighted by molar-refractivity contribution is 7.80. The van der Waals surface area contributed by atoms with Crippen molar-refractivity contribution in [3.8, 4) is 0 Å². The van der Waals surface area contributed by atoms with E-state index in [-0.39, 0.29) is 5.82 Å². The molecule has 0 atom stereocenters. The van der Waals surface area contributed by atoms with E-state index in [2.05, 4.69) is 22.5 Å². The SMILES string of the molecule is CCCNC(=S)NCCc1c[nH]c2cc(F)ccc12. The zero-order valence-electron chi connectivity index (χ0n) is 10.9. The molecule has 1 aromatic heterocycles. The van der Waals surface area contributed by atoms with E-state index >= 15 is 0 Å². The molecule has 0 aliphatic carbocycles. The molecule has 3 nitrogen and oxygen atoms in total. The van der Waals surface area contributed by atoms with Crippen molar-refractivity contribution < 1.29 is 4.39 Å². The highest BCUT2D eigenvalue weighted by atomic mass is 32.1. The molecule has 0 fully saturated rings. The summed E-state index contributed by atoms with van der Waals surface area (Å²) in [6, 6.07) is 4.81. The molecule has 0 saturated carbocycles. The van der Waals surface area contributed by atoms with Crippen molar-refractivity contribution in [3.05, 3.63) is 35.8 Å². The minimum absolute atomic E-state index is 0.219. The van der Waals surface area contributed by atoms with E-state index in [0.29, 0.717) is 5.11 Å². The third-order valence-corrected chi connectivity index (χ3v) is 3.23. The number of hydrogen-bond donors (Lipinski definition) is 3. The van der Waals surface area contributed by atoms with Gasteiger partial charge in [-0.1, -0.05) is 6.92 Å². The van der Waals surface area contributed by atoms with Gasteiger partial charge >= 0.3 is 0 Å². The predicted octanol–water partition coefficient (Wildman–Crippen LogP) is 2.72. The lowest BCUT2D eigenvalue weighted by atomic mass is 10.1. The van der Waals surface area contributed by atoms with Crippen LogP contribution in [-0.2, 0) is 6.42 Å². The first-order valence-corrected chi connectivity index (χ1v) is 6.88. The van der Waals surface area contributed by atoms with Crippen LogP contribution >= 0.6 is 12.2 Å². The van der Waals surface area contributed by atoms with Gasteiger partial charge in [-0.15, -0.1) is 0 Å². The van der Waals surface area contributed by atoms with Crippen molar-refractivity contribution >= 4 is 28.2 Å². The molecule has 19 heavy (non-hydrogen) atoms. The number of aromatic nitrogens is 1. The lowest BCUT2D eigenvalue weighted by molar-refractivity contribution is 0.629. The van der Waals surface area contributed by atoms with Gasteiger partial charge in [-0.05, 0) is 48.8 Å². The third-order valence-electron chi connectivity index (χ3n) is 2.94. The Hall–Kier alpha value is -1.62. The Morgan fingerprint density at radius 3 is 2.89 bits per heavy atom. The van der Waals surface area contributed by atoms with E-state index in [1.165, 1.54) is 17.7 Å². The molecule has 0 aliphatic heterocycles. The minimum Gasteiger partial charge on any atom is -0.363 e. The predicted molar refractivity (Wildman–Crippen MR) is 80.9 cm³/mol. The fourth-order valence-electron chi connectivity index (χ4n) is 1.98. The molecule has 102 valence electrons. The summed E-state index contributed by atoms with van der Waals surface area (Å²) in [5.74, 6) is -0.219. The molecule has 0 unspecified atom stereocenters. The molecule has 0 amide bonds. The summed E-state index contributed by atoms with van der Waals surface area (Å²) in [5, 5.41) is 8.04. The van der Waals surface area contributed by atoms with Gasteiger partial charge in [-0.3, -0.25) is 0 Å². The van der Waals surface area contributed by atoms with Crippen LogP contribution in [0.2, 0.25) is 0 Å². The Morgan fingerprint density at radius 1 is 1.32 bits per heavy atom. The van der Waals surface area contributed by atoms with E-state index in [0.717, 1.165) is 36.8 Å². The zero-order valence-corrected chi connectivity index (χ0v) is 11.7. The van der Waals surface area contributed by atoms with Crippen molar-refractivity contribution in [1.29, 1.82) is 0 Å². The Balaban J connectivity index is 1.90. The molecule has 2 rings (SSSR count). The largest absolute Gasteiger partial charge is 0.363 e. The van der Waals surface area contributed by atoms with Crippen molar-refractivity contribution in [2.75, 3.05) is 13.1 Å². The molecule has 0 aliphatic rings. The second kappa shape index (κ2) is 6.52. The first-order valence-electron chi connectivity index (χ1n) is 6.48. The molecule has 0 radical (unpaired) electrons. The second-order valence-electron chi connectivity index (χ2n) is 4.44. The molecule has 0 bridgehead atoms. The van der Waals surface area contributed by atoms with Gasteiger partial charge in [-0.2, -0.15) is 0 Å². The molecule has 1 aromatic carbocycles. The summed E-state index contributed by atoms with van der Waals surface area (Å²) in [4.78, 5) is 3.09. The van der Waals surface area contributed by atoms with Gasteiger partial charge in [0, 0.05) is 30.2 Å². The van der Waals surface area contributed by atoms with Gasteiger partial charge in [0.05, 0.1) is 0 Å². The number of fused-ring (bicyclic) bond motifs is 1. The fraction of sp³-hybridized carbons (Fsp3) is 0.357. The summed E-state index contributed by atoms with van der Waals surface area (Å²) in [5.41, 5.74) is 2.00. The maximum atomic E-state index is 13.1. The lowest BCUT2D eigenvalue weighted by Gasteiger charge is -2.09. The van der Waals surface area contributed by atoms with Crippen molar-refractivity contribution in [2.45, 2.75) is 19.8 Å². The third kappa shape index (κ3) is 3.67. The first kappa shape index (κ1) is 13.8. The highest BCUT2D eigenvalue weighted by Gasteiger charge is 2.04. The first-order chi connectivity index (χ1) is 9.20. The topological polar surface area (TPSA) is 39.8 Å². The summed E-state index contributed by atoms with van der Waals surface area (Å²) in [6.07, 6.45) is 3.82. The molecule has 0 spiro atoms. The molecule has 1 heterocycles. The Bertz CT molecular complexity index is 565. The average Bonchev–Trinajstić information content (AvgIpc) is 2.79. The van der Waals surface area contributed by atoms with Crippen LogP contribution in [0.25, 0.3) is 10.9 Å². The molecule has 0 saturated heterocycles. The van der Waals surface area contributed by atoms with Crippen molar-refractivity contribution in [3.63, 3.8) is 0 Å². The quantitative estimate of drug-likeness (QED) is 0.737. The number of benzene rings is 1. The summed E-state index contributed by atoms with van der Waals surface area (Å²) >= 11 is 5.15. The molecule has 5 heteroatoms. The Kier molecular flexibility index (Phi) is 4.74. The lowest BCUT2D eigenvalue weighted by Crippen LogP contribution is -2.36. The molecule has 2 aromatic rings. The monoisotopic (exact) mass is 279 g/mol. The van der Waals surface area contributed by atoms with E-state index in [1.807, 2.05) is 12.3 Å². The molecule has 3 N–H and O–H groups in total. The van der Waals surface area contributed by atoms with Crippen molar-refractivity contribution in [1.82, 2.24) is 15.6 Å². The Morgan fingerprint density at radius 2 is 2.11 bits per heavy atom. The number of nitrogens with one attached hydrogen (secondary N) is 3. The van der Waals surface area contributed by atoms with Crippen LogP contribution in [-0.4, -0.2) is 23.2 Å². The van der Waals surface area contributed by atoms with Crippen LogP contribution in [0.5, 0.6) is 0 Å². The fourth-order valence-corrected chi connectivity index (χ4v) is 2.18. The Labute approximate surface area is 117 Å². The zero-order chi connectivity index (χ0) is 13.7. The number of thiocarbonyl (C=S) groups is 1. The molecular formula is C14H18FN3S. The van der Waals surface area contributed by atoms with Gasteiger partial charge in [-0.25, -0.2) is 4.39 Å². The van der Waals surface area contributed by atoms with Crippen LogP contribution in [0.3, 0.4) is 0 Å². The number of hydrogen-bond acceptors (Lipinski definition) is 1. The van der Waals surface area contributed by atoms with Crippen LogP contribution in [0.1, 0.15) is 18.9 Å². The minimum atomic E-state index is -0.219. The van der Waals surface area contributed by atoms with Gasteiger partial charge in [0.2, 0.25) is 0 Å². The maximum Gasteiger partial charge on any atom is 0.166 e. The summed E-state index contributed by atoms with van der Waals surface area (Å²) < 4.78 is 13.1. The normalized spacial score (nSPS) is 10.6. The smallest absolute Gasteiger partial charge is 0.166 e. The van der Waals surface area contributed by atoms with Gasteiger partial charge in [0.15, 0.2) is 5.11 Å². The highest BCUT2D eigenvalue weighted by Crippen LogP contribution is 2.19. The number of halogens is 1. The van der Waals surface area contributed by atoms with E-state index < -0.39 is 0 Å². The summed E-state index contributed by atoms with van der Waals surface area (Å²) in [6.45, 7) is 3.75. The van der Waals surface area contributed by atoms with Gasteiger partial charge in [0.1, 0.15) is 5.82 Å². The maximum absolute atomic E-state index is 13.1. The van der Waals surface area contributed by atoms with Crippen LogP contribution in [0.15, 0.2) is 24.4 Å². The van der Waals surface area contributed by atoms with Gasteiger partial charge < -0.3 is 15.6 Å². The second-order valence-corrected chi connectivity index (χ2v) is 4.84. The van der Waals surface area contributed by atoms with Crippen LogP contribution < -0.4 is 10.6 Å². The molecular weight excluding hydrogens is 261 g/mol. The van der Waals surface area contributed by atoms with Crippen LogP contribution in [0, 0.1) is 5.82 Å². The van der Waals surface area contributed by atoms with Crippen molar-refractivity contribution in [2.24, 2.45) is 0 Å².